The Morgan fingerprint density at radius 1 is 1.12 bits per heavy atom. The third kappa shape index (κ3) is 4.65. The average molecular weight is 356 g/mol. The lowest BCUT2D eigenvalue weighted by Gasteiger charge is -2.11. The van der Waals surface area contributed by atoms with Gasteiger partial charge in [0.25, 0.3) is 0 Å². The molecular weight excluding hydrogens is 342 g/mol. The smallest absolute Gasteiger partial charge is 0.322 e. The summed E-state index contributed by atoms with van der Waals surface area (Å²) in [5.74, 6) is -0.277. The van der Waals surface area contributed by atoms with Gasteiger partial charge in [0.15, 0.2) is 0 Å². The zero-order chi connectivity index (χ0) is 17.6. The Kier molecular flexibility index (Phi) is 5.06. The predicted octanol–water partition coefficient (Wildman–Crippen LogP) is 3.43. The molecule has 0 aliphatic carbocycles. The third-order valence-electron chi connectivity index (χ3n) is 3.20. The highest BCUT2D eigenvalue weighted by atomic mass is 35.5. The van der Waals surface area contributed by atoms with Crippen LogP contribution in [0, 0.1) is 0 Å². The zero-order valence-electron chi connectivity index (χ0n) is 13.0. The molecule has 3 rings (SSSR count). The van der Waals surface area contributed by atoms with Crippen LogP contribution in [-0.4, -0.2) is 32.6 Å². The number of aromatic nitrogens is 3. The highest BCUT2D eigenvalue weighted by Crippen LogP contribution is 2.24. The zero-order valence-corrected chi connectivity index (χ0v) is 13.7. The topological polar surface area (TPSA) is 100 Å². The predicted molar refractivity (Wildman–Crippen MR) is 96.1 cm³/mol. The quantitative estimate of drug-likeness (QED) is 0.622. The molecule has 0 bridgehead atoms. The Morgan fingerprint density at radius 3 is 2.64 bits per heavy atom. The first kappa shape index (κ1) is 16.7. The Balaban J connectivity index is 1.95. The van der Waals surface area contributed by atoms with Gasteiger partial charge in [-0.05, 0) is 30.3 Å². The van der Waals surface area contributed by atoms with Crippen molar-refractivity contribution in [1.29, 1.82) is 0 Å². The van der Waals surface area contributed by atoms with Gasteiger partial charge in [-0.1, -0.05) is 17.7 Å². The number of hydrogen-bond donors (Lipinski definition) is 3. The molecule has 0 saturated carbocycles. The number of anilines is 3. The summed E-state index contributed by atoms with van der Waals surface area (Å²) >= 11 is 6.00. The fourth-order valence-corrected chi connectivity index (χ4v) is 2.32. The van der Waals surface area contributed by atoms with Crippen molar-refractivity contribution in [1.82, 2.24) is 15.0 Å². The monoisotopic (exact) mass is 355 g/mol. The number of aliphatic carboxylic acids is 1. The highest BCUT2D eigenvalue weighted by molar-refractivity contribution is 6.30. The van der Waals surface area contributed by atoms with Crippen molar-refractivity contribution in [3.63, 3.8) is 0 Å². The third-order valence-corrected chi connectivity index (χ3v) is 3.43. The number of nitrogens with zero attached hydrogens (tertiary/aromatic N) is 3. The molecule has 2 heterocycles. The number of pyridine rings is 1. The molecule has 0 aliphatic heterocycles. The number of carbonyl (C=O) groups is 1. The normalized spacial score (nSPS) is 10.3. The number of rotatable bonds is 6. The van der Waals surface area contributed by atoms with E-state index in [0.29, 0.717) is 16.5 Å². The number of carboxylic acid groups (broad SMARTS) is 1. The van der Waals surface area contributed by atoms with E-state index in [2.05, 4.69) is 25.6 Å². The summed E-state index contributed by atoms with van der Waals surface area (Å²) in [6, 6.07) is 12.6. The van der Waals surface area contributed by atoms with E-state index in [-0.39, 0.29) is 12.5 Å². The maximum atomic E-state index is 10.8. The molecule has 0 aliphatic rings. The second-order valence-corrected chi connectivity index (χ2v) is 5.52. The van der Waals surface area contributed by atoms with Crippen LogP contribution >= 0.6 is 11.6 Å². The van der Waals surface area contributed by atoms with Crippen LogP contribution in [-0.2, 0) is 4.79 Å². The van der Waals surface area contributed by atoms with Gasteiger partial charge in [-0.3, -0.25) is 9.78 Å². The van der Waals surface area contributed by atoms with Crippen LogP contribution in [0.4, 0.5) is 17.5 Å². The van der Waals surface area contributed by atoms with E-state index in [4.69, 9.17) is 16.7 Å². The minimum absolute atomic E-state index is 0.209. The lowest BCUT2D eigenvalue weighted by Crippen LogP contribution is -2.15. The summed E-state index contributed by atoms with van der Waals surface area (Å²) < 4.78 is 0. The molecule has 0 radical (unpaired) electrons. The first-order valence-electron chi connectivity index (χ1n) is 7.38. The number of nitrogens with one attached hydrogen (secondary N) is 2. The summed E-state index contributed by atoms with van der Waals surface area (Å²) in [5.41, 5.74) is 2.23. The van der Waals surface area contributed by atoms with Crippen LogP contribution in [0.2, 0.25) is 5.02 Å². The standard InChI is InChI=1S/C17H14ClN5O2/c18-12-2-1-3-13(8-12)21-15-9-14(11-4-6-19-7-5-11)22-17(23-15)20-10-16(24)25/h1-9H,10H2,(H,24,25)(H2,20,21,22,23). The molecule has 0 amide bonds. The first-order chi connectivity index (χ1) is 12.1. The van der Waals surface area contributed by atoms with Crippen molar-refractivity contribution in [3.8, 4) is 11.3 Å². The summed E-state index contributed by atoms with van der Waals surface area (Å²) in [7, 11) is 0. The van der Waals surface area contributed by atoms with E-state index in [1.807, 2.05) is 24.3 Å². The van der Waals surface area contributed by atoms with Crippen molar-refractivity contribution in [3.05, 3.63) is 59.9 Å². The van der Waals surface area contributed by atoms with Crippen LogP contribution in [0.25, 0.3) is 11.3 Å². The first-order valence-corrected chi connectivity index (χ1v) is 7.76. The molecule has 0 unspecified atom stereocenters. The van der Waals surface area contributed by atoms with E-state index >= 15 is 0 Å². The molecule has 3 N–H and O–H groups in total. The molecule has 0 spiro atoms. The molecule has 1 aromatic carbocycles. The van der Waals surface area contributed by atoms with E-state index in [0.717, 1.165) is 11.3 Å². The Hall–Kier alpha value is -3.19. The van der Waals surface area contributed by atoms with Gasteiger partial charge in [-0.25, -0.2) is 4.98 Å². The van der Waals surface area contributed by atoms with Gasteiger partial charge in [0.1, 0.15) is 12.4 Å². The molecule has 0 fully saturated rings. The van der Waals surface area contributed by atoms with E-state index in [1.165, 1.54) is 0 Å². The van der Waals surface area contributed by atoms with E-state index in [1.54, 1.807) is 30.6 Å². The molecule has 8 heteroatoms. The molecule has 0 saturated heterocycles. The fraction of sp³-hybridized carbons (Fsp3) is 0.0588. The van der Waals surface area contributed by atoms with Gasteiger partial charge in [-0.2, -0.15) is 4.98 Å². The molecular formula is C17H14ClN5O2. The molecule has 25 heavy (non-hydrogen) atoms. The average Bonchev–Trinajstić information content (AvgIpc) is 2.60. The SMILES string of the molecule is O=C(O)CNc1nc(Nc2cccc(Cl)c2)cc(-c2ccncc2)n1. The minimum atomic E-state index is -0.998. The number of hydrogen-bond acceptors (Lipinski definition) is 6. The van der Waals surface area contributed by atoms with Gasteiger partial charge >= 0.3 is 5.97 Å². The Bertz CT molecular complexity index is 889. The minimum Gasteiger partial charge on any atom is -0.480 e. The molecule has 7 nitrogen and oxygen atoms in total. The number of carboxylic acids is 1. The van der Waals surface area contributed by atoms with Crippen molar-refractivity contribution < 1.29 is 9.90 Å². The van der Waals surface area contributed by atoms with Crippen LogP contribution in [0.5, 0.6) is 0 Å². The van der Waals surface area contributed by atoms with Crippen LogP contribution in [0.1, 0.15) is 0 Å². The number of benzene rings is 1. The van der Waals surface area contributed by atoms with Gasteiger partial charge in [0.05, 0.1) is 5.69 Å². The lowest BCUT2D eigenvalue weighted by molar-refractivity contribution is -0.134. The van der Waals surface area contributed by atoms with Gasteiger partial charge in [0, 0.05) is 34.7 Å². The lowest BCUT2D eigenvalue weighted by atomic mass is 10.2. The van der Waals surface area contributed by atoms with Crippen LogP contribution in [0.15, 0.2) is 54.9 Å². The van der Waals surface area contributed by atoms with Crippen molar-refractivity contribution in [2.45, 2.75) is 0 Å². The Morgan fingerprint density at radius 2 is 1.92 bits per heavy atom. The number of halogens is 1. The van der Waals surface area contributed by atoms with E-state index < -0.39 is 5.97 Å². The summed E-state index contributed by atoms with van der Waals surface area (Å²) in [4.78, 5) is 23.4. The van der Waals surface area contributed by atoms with Crippen molar-refractivity contribution >= 4 is 35.0 Å². The fourth-order valence-electron chi connectivity index (χ4n) is 2.13. The maximum absolute atomic E-state index is 10.8. The van der Waals surface area contributed by atoms with Crippen LogP contribution in [0.3, 0.4) is 0 Å². The molecule has 126 valence electrons. The van der Waals surface area contributed by atoms with Crippen molar-refractivity contribution in [2.24, 2.45) is 0 Å². The highest BCUT2D eigenvalue weighted by Gasteiger charge is 2.08. The van der Waals surface area contributed by atoms with Crippen molar-refractivity contribution in [2.75, 3.05) is 17.2 Å². The Labute approximate surface area is 148 Å². The maximum Gasteiger partial charge on any atom is 0.322 e. The van der Waals surface area contributed by atoms with Gasteiger partial charge < -0.3 is 15.7 Å². The molecule has 3 aromatic rings. The second-order valence-electron chi connectivity index (χ2n) is 5.08. The summed E-state index contributed by atoms with van der Waals surface area (Å²) in [6.45, 7) is -0.281. The largest absolute Gasteiger partial charge is 0.480 e. The van der Waals surface area contributed by atoms with E-state index in [9.17, 15) is 4.79 Å². The van der Waals surface area contributed by atoms with Gasteiger partial charge in [0.2, 0.25) is 5.95 Å². The molecule has 2 aromatic heterocycles. The van der Waals surface area contributed by atoms with Gasteiger partial charge in [-0.15, -0.1) is 0 Å². The molecule has 0 atom stereocenters. The summed E-state index contributed by atoms with van der Waals surface area (Å²) in [6.07, 6.45) is 3.32. The second kappa shape index (κ2) is 7.59. The van der Waals surface area contributed by atoms with Crippen LogP contribution < -0.4 is 10.6 Å². The summed E-state index contributed by atoms with van der Waals surface area (Å²) in [5, 5.41) is 15.3.